The zero-order chi connectivity index (χ0) is 17.2. The number of carbonyl (C=O) groups excluding carboxylic acids is 1. The Hall–Kier alpha value is -1.53. The van der Waals surface area contributed by atoms with Gasteiger partial charge in [-0.3, -0.25) is 9.36 Å². The van der Waals surface area contributed by atoms with Crippen molar-refractivity contribution in [3.05, 3.63) is 29.3 Å². The fraction of sp³-hybridized carbons (Fsp3) is 0.500. The average molecular weight is 377 g/mol. The van der Waals surface area contributed by atoms with Crippen LogP contribution in [-0.2, 0) is 4.79 Å². The highest BCUT2D eigenvalue weighted by molar-refractivity contribution is 8.00. The summed E-state index contributed by atoms with van der Waals surface area (Å²) in [7, 11) is 0. The van der Waals surface area contributed by atoms with Gasteiger partial charge in [-0.05, 0) is 43.9 Å². The first-order valence-corrected chi connectivity index (χ1v) is 10.1. The van der Waals surface area contributed by atoms with Crippen LogP contribution in [0.2, 0.25) is 5.02 Å². The van der Waals surface area contributed by atoms with Crippen molar-refractivity contribution in [3.8, 4) is 5.69 Å². The predicted molar refractivity (Wildman–Crippen MR) is 101 cm³/mol. The van der Waals surface area contributed by atoms with Crippen LogP contribution in [0.1, 0.15) is 38.5 Å². The lowest BCUT2D eigenvalue weighted by Gasteiger charge is -2.21. The topological polar surface area (TPSA) is 51.0 Å². The zero-order valence-electron chi connectivity index (χ0n) is 14.0. The minimum absolute atomic E-state index is 0.0117. The SMILES string of the molecule is O=C1CCCC[C@H]1Sc1nnc(N2CCCC2)n1-c1cccc(Cl)c1. The van der Waals surface area contributed by atoms with E-state index in [1.165, 1.54) is 12.8 Å². The molecule has 1 aromatic carbocycles. The number of hydrogen-bond donors (Lipinski definition) is 0. The third-order valence-electron chi connectivity index (χ3n) is 4.82. The summed E-state index contributed by atoms with van der Waals surface area (Å²) in [5.74, 6) is 1.19. The Kier molecular flexibility index (Phi) is 4.99. The Morgan fingerprint density at radius 3 is 2.72 bits per heavy atom. The lowest BCUT2D eigenvalue weighted by Crippen LogP contribution is -2.23. The second-order valence-electron chi connectivity index (χ2n) is 6.61. The van der Waals surface area contributed by atoms with Gasteiger partial charge in [-0.15, -0.1) is 10.2 Å². The Morgan fingerprint density at radius 2 is 1.96 bits per heavy atom. The van der Waals surface area contributed by atoms with E-state index in [1.807, 2.05) is 24.3 Å². The number of nitrogens with zero attached hydrogens (tertiary/aromatic N) is 4. The van der Waals surface area contributed by atoms with Crippen LogP contribution in [0, 0.1) is 0 Å². The molecular formula is C18H21ClN4OS. The lowest BCUT2D eigenvalue weighted by atomic mass is 9.99. The maximum absolute atomic E-state index is 12.3. The smallest absolute Gasteiger partial charge is 0.232 e. The molecule has 0 bridgehead atoms. The van der Waals surface area contributed by atoms with Crippen LogP contribution in [0.25, 0.3) is 5.69 Å². The summed E-state index contributed by atoms with van der Waals surface area (Å²) in [4.78, 5) is 14.5. The molecule has 0 unspecified atom stereocenters. The van der Waals surface area contributed by atoms with Gasteiger partial charge in [0.25, 0.3) is 0 Å². The molecule has 1 aliphatic heterocycles. The Balaban J connectivity index is 1.72. The van der Waals surface area contributed by atoms with Gasteiger partial charge in [0, 0.05) is 24.5 Å². The number of rotatable bonds is 4. The normalized spacial score (nSPS) is 21.1. The van der Waals surface area contributed by atoms with E-state index in [9.17, 15) is 4.79 Å². The van der Waals surface area contributed by atoms with E-state index in [0.717, 1.165) is 49.1 Å². The number of anilines is 1. The largest absolute Gasteiger partial charge is 0.341 e. The van der Waals surface area contributed by atoms with Gasteiger partial charge in [0.1, 0.15) is 5.78 Å². The van der Waals surface area contributed by atoms with Crippen molar-refractivity contribution in [2.24, 2.45) is 0 Å². The fourth-order valence-corrected chi connectivity index (χ4v) is 4.86. The van der Waals surface area contributed by atoms with Crippen molar-refractivity contribution >= 4 is 35.1 Å². The van der Waals surface area contributed by atoms with Gasteiger partial charge in [-0.2, -0.15) is 0 Å². The van der Waals surface area contributed by atoms with Crippen LogP contribution in [0.3, 0.4) is 0 Å². The number of aromatic nitrogens is 3. The Morgan fingerprint density at radius 1 is 1.12 bits per heavy atom. The second-order valence-corrected chi connectivity index (χ2v) is 8.22. The predicted octanol–water partition coefficient (Wildman–Crippen LogP) is 4.12. The molecule has 132 valence electrons. The lowest BCUT2D eigenvalue weighted by molar-refractivity contribution is -0.119. The minimum Gasteiger partial charge on any atom is -0.341 e. The molecule has 1 saturated carbocycles. The third kappa shape index (κ3) is 3.55. The Labute approximate surface area is 156 Å². The molecule has 2 aromatic rings. The van der Waals surface area contributed by atoms with Crippen LogP contribution in [0.5, 0.6) is 0 Å². The van der Waals surface area contributed by atoms with E-state index in [0.29, 0.717) is 17.2 Å². The maximum atomic E-state index is 12.3. The van der Waals surface area contributed by atoms with E-state index in [1.54, 1.807) is 11.8 Å². The molecule has 1 atom stereocenters. The van der Waals surface area contributed by atoms with Gasteiger partial charge in [-0.1, -0.05) is 35.9 Å². The average Bonchev–Trinajstić information content (AvgIpc) is 3.26. The van der Waals surface area contributed by atoms with Gasteiger partial charge >= 0.3 is 0 Å². The van der Waals surface area contributed by atoms with Gasteiger partial charge in [0.15, 0.2) is 5.16 Å². The highest BCUT2D eigenvalue weighted by Gasteiger charge is 2.28. The van der Waals surface area contributed by atoms with Gasteiger partial charge < -0.3 is 4.90 Å². The van der Waals surface area contributed by atoms with Crippen LogP contribution in [-0.4, -0.2) is 38.9 Å². The van der Waals surface area contributed by atoms with E-state index in [-0.39, 0.29) is 5.25 Å². The molecule has 25 heavy (non-hydrogen) atoms. The molecule has 4 rings (SSSR count). The van der Waals surface area contributed by atoms with E-state index in [2.05, 4.69) is 19.7 Å². The van der Waals surface area contributed by atoms with E-state index in [4.69, 9.17) is 11.6 Å². The maximum Gasteiger partial charge on any atom is 0.232 e. The molecule has 1 aromatic heterocycles. The number of carbonyl (C=O) groups is 1. The molecule has 0 amide bonds. The highest BCUT2D eigenvalue weighted by atomic mass is 35.5. The summed E-state index contributed by atoms with van der Waals surface area (Å²) in [6.07, 6.45) is 6.06. The number of thioether (sulfide) groups is 1. The summed E-state index contributed by atoms with van der Waals surface area (Å²) in [5, 5.41) is 10.3. The van der Waals surface area contributed by atoms with Crippen LogP contribution in [0.15, 0.2) is 29.4 Å². The van der Waals surface area contributed by atoms with Crippen LogP contribution < -0.4 is 4.90 Å². The van der Waals surface area contributed by atoms with E-state index < -0.39 is 0 Å². The van der Waals surface area contributed by atoms with Crippen molar-refractivity contribution in [3.63, 3.8) is 0 Å². The quantitative estimate of drug-likeness (QED) is 0.803. The highest BCUT2D eigenvalue weighted by Crippen LogP contribution is 2.35. The first kappa shape index (κ1) is 16.9. The summed E-state index contributed by atoms with van der Waals surface area (Å²) in [5.41, 5.74) is 0.949. The number of halogens is 1. The van der Waals surface area contributed by atoms with Gasteiger partial charge in [0.2, 0.25) is 5.95 Å². The molecule has 7 heteroatoms. The summed E-state index contributed by atoms with van der Waals surface area (Å²) in [6, 6.07) is 7.74. The van der Waals surface area contributed by atoms with Crippen molar-refractivity contribution in [1.29, 1.82) is 0 Å². The molecule has 2 aliphatic rings. The Bertz CT molecular complexity index is 772. The number of benzene rings is 1. The summed E-state index contributed by atoms with van der Waals surface area (Å²) < 4.78 is 2.06. The molecule has 0 radical (unpaired) electrons. The van der Waals surface area contributed by atoms with E-state index >= 15 is 0 Å². The first-order chi connectivity index (χ1) is 12.2. The third-order valence-corrected chi connectivity index (χ3v) is 6.31. The van der Waals surface area contributed by atoms with Crippen molar-refractivity contribution in [2.45, 2.75) is 48.9 Å². The van der Waals surface area contributed by atoms with Gasteiger partial charge in [0.05, 0.1) is 10.9 Å². The molecule has 1 saturated heterocycles. The molecule has 5 nitrogen and oxygen atoms in total. The summed E-state index contributed by atoms with van der Waals surface area (Å²) in [6.45, 7) is 1.98. The molecule has 2 heterocycles. The molecule has 2 fully saturated rings. The van der Waals surface area contributed by atoms with Crippen molar-refractivity contribution in [1.82, 2.24) is 14.8 Å². The molecular weight excluding hydrogens is 356 g/mol. The van der Waals surface area contributed by atoms with Crippen molar-refractivity contribution < 1.29 is 4.79 Å². The standard InChI is InChI=1S/C18H21ClN4OS/c19-13-6-5-7-14(12-13)23-17(22-10-3-4-11-22)20-21-18(23)25-16-9-2-1-8-15(16)24/h5-7,12,16H,1-4,8-11H2/t16-/m1/s1. The second kappa shape index (κ2) is 7.38. The molecule has 0 spiro atoms. The number of ketones is 1. The summed E-state index contributed by atoms with van der Waals surface area (Å²) >= 11 is 7.76. The molecule has 0 N–H and O–H groups in total. The first-order valence-electron chi connectivity index (χ1n) is 8.88. The van der Waals surface area contributed by atoms with Crippen molar-refractivity contribution in [2.75, 3.05) is 18.0 Å². The monoisotopic (exact) mass is 376 g/mol. The van der Waals surface area contributed by atoms with Gasteiger partial charge in [-0.25, -0.2) is 0 Å². The van der Waals surface area contributed by atoms with Crippen LogP contribution >= 0.6 is 23.4 Å². The van der Waals surface area contributed by atoms with Crippen LogP contribution in [0.4, 0.5) is 5.95 Å². The zero-order valence-corrected chi connectivity index (χ0v) is 15.6. The number of Topliss-reactive ketones (excluding diaryl/α,β-unsaturated/α-hetero) is 1. The fourth-order valence-electron chi connectivity index (χ4n) is 3.50. The number of hydrogen-bond acceptors (Lipinski definition) is 5. The molecule has 1 aliphatic carbocycles. The minimum atomic E-state index is -0.0117.